The summed E-state index contributed by atoms with van der Waals surface area (Å²) in [5.41, 5.74) is 2.30. The van der Waals surface area contributed by atoms with Crippen molar-refractivity contribution in [2.75, 3.05) is 17.2 Å². The standard InChI is InChI=1S/C24H19F2N5OS2/c1-13-21(33-14(2)29-13)20-22(23(32)30-16-8-6-15(12-27)7-9-16)34-24(31-20)28-11-10-17-18(25)4-3-5-19(17)26/h3-9H,10-11H2,1-2H3,(H,28,31)(H,30,32). The third-order valence-corrected chi connectivity index (χ3v) is 7.03. The van der Waals surface area contributed by atoms with E-state index < -0.39 is 11.6 Å². The summed E-state index contributed by atoms with van der Waals surface area (Å²) in [7, 11) is 0. The molecule has 2 N–H and O–H groups in total. The maximum Gasteiger partial charge on any atom is 0.268 e. The topological polar surface area (TPSA) is 90.7 Å². The largest absolute Gasteiger partial charge is 0.361 e. The molecular formula is C24H19F2N5OS2. The second-order valence-electron chi connectivity index (χ2n) is 7.36. The number of thiazole rings is 2. The molecule has 4 rings (SSSR count). The first-order valence-electron chi connectivity index (χ1n) is 10.3. The van der Waals surface area contributed by atoms with Gasteiger partial charge in [0.25, 0.3) is 5.91 Å². The van der Waals surface area contributed by atoms with E-state index in [2.05, 4.69) is 20.6 Å². The molecule has 0 spiro atoms. The van der Waals surface area contributed by atoms with Gasteiger partial charge in [0.05, 0.1) is 27.2 Å². The van der Waals surface area contributed by atoms with Gasteiger partial charge in [-0.05, 0) is 56.7 Å². The van der Waals surface area contributed by atoms with Crippen molar-refractivity contribution in [1.29, 1.82) is 5.26 Å². The molecule has 172 valence electrons. The fraction of sp³-hybridized carbons (Fsp3) is 0.167. The van der Waals surface area contributed by atoms with Crippen LogP contribution in [0.5, 0.6) is 0 Å². The SMILES string of the molecule is Cc1nc(C)c(-c2nc(NCCc3c(F)cccc3F)sc2C(=O)Nc2ccc(C#N)cc2)s1. The second kappa shape index (κ2) is 10.1. The number of aromatic nitrogens is 2. The lowest BCUT2D eigenvalue weighted by molar-refractivity contribution is 0.103. The zero-order valence-corrected chi connectivity index (χ0v) is 19.9. The fourth-order valence-electron chi connectivity index (χ4n) is 3.34. The highest BCUT2D eigenvalue weighted by atomic mass is 32.1. The molecule has 34 heavy (non-hydrogen) atoms. The van der Waals surface area contributed by atoms with Crippen molar-refractivity contribution in [3.8, 4) is 16.6 Å². The molecule has 0 saturated carbocycles. The molecule has 10 heteroatoms. The van der Waals surface area contributed by atoms with Gasteiger partial charge in [-0.25, -0.2) is 18.7 Å². The molecule has 0 fully saturated rings. The van der Waals surface area contributed by atoms with E-state index >= 15 is 0 Å². The van der Waals surface area contributed by atoms with E-state index in [0.717, 1.165) is 26.9 Å². The highest BCUT2D eigenvalue weighted by Crippen LogP contribution is 2.37. The molecule has 0 atom stereocenters. The van der Waals surface area contributed by atoms with Crippen LogP contribution in [0, 0.1) is 36.8 Å². The summed E-state index contributed by atoms with van der Waals surface area (Å²) in [6.45, 7) is 3.98. The number of nitrogens with one attached hydrogen (secondary N) is 2. The Morgan fingerprint density at radius 2 is 1.76 bits per heavy atom. The Balaban J connectivity index is 1.58. The molecular weight excluding hydrogens is 476 g/mol. The summed E-state index contributed by atoms with van der Waals surface area (Å²) in [6.07, 6.45) is 0.124. The summed E-state index contributed by atoms with van der Waals surface area (Å²) in [4.78, 5) is 23.3. The summed E-state index contributed by atoms with van der Waals surface area (Å²) >= 11 is 2.59. The predicted molar refractivity (Wildman–Crippen MR) is 130 cm³/mol. The summed E-state index contributed by atoms with van der Waals surface area (Å²) in [5.74, 6) is -1.55. The lowest BCUT2D eigenvalue weighted by Gasteiger charge is -2.05. The van der Waals surface area contributed by atoms with Crippen LogP contribution in [0.2, 0.25) is 0 Å². The quantitative estimate of drug-likeness (QED) is 0.331. The first-order valence-corrected chi connectivity index (χ1v) is 11.9. The smallest absolute Gasteiger partial charge is 0.268 e. The Morgan fingerprint density at radius 1 is 1.06 bits per heavy atom. The van der Waals surface area contributed by atoms with Crippen LogP contribution in [0.25, 0.3) is 10.6 Å². The number of hydrogen-bond donors (Lipinski definition) is 2. The third kappa shape index (κ3) is 5.11. The fourth-order valence-corrected chi connectivity index (χ4v) is 5.21. The van der Waals surface area contributed by atoms with Crippen LogP contribution in [0.15, 0.2) is 42.5 Å². The highest BCUT2D eigenvalue weighted by molar-refractivity contribution is 7.19. The summed E-state index contributed by atoms with van der Waals surface area (Å²) in [5, 5.41) is 16.2. The molecule has 0 aliphatic rings. The Morgan fingerprint density at radius 3 is 2.38 bits per heavy atom. The average Bonchev–Trinajstić information content (AvgIpc) is 3.38. The van der Waals surface area contributed by atoms with Crippen LogP contribution < -0.4 is 10.6 Å². The Labute approximate surface area is 202 Å². The van der Waals surface area contributed by atoms with E-state index in [9.17, 15) is 13.6 Å². The van der Waals surface area contributed by atoms with Crippen molar-refractivity contribution in [2.24, 2.45) is 0 Å². The Kier molecular flexibility index (Phi) is 6.95. The van der Waals surface area contributed by atoms with Gasteiger partial charge in [-0.3, -0.25) is 4.79 Å². The van der Waals surface area contributed by atoms with Crippen LogP contribution >= 0.6 is 22.7 Å². The van der Waals surface area contributed by atoms with E-state index in [0.29, 0.717) is 27.0 Å². The molecule has 2 heterocycles. The number of benzene rings is 2. The van der Waals surface area contributed by atoms with E-state index in [1.807, 2.05) is 19.9 Å². The molecule has 0 unspecified atom stereocenters. The lowest BCUT2D eigenvalue weighted by Crippen LogP contribution is -2.11. The highest BCUT2D eigenvalue weighted by Gasteiger charge is 2.23. The van der Waals surface area contributed by atoms with Gasteiger partial charge in [-0.2, -0.15) is 5.26 Å². The Bertz CT molecular complexity index is 1370. The zero-order chi connectivity index (χ0) is 24.2. The molecule has 6 nitrogen and oxygen atoms in total. The minimum Gasteiger partial charge on any atom is -0.361 e. The third-order valence-electron chi connectivity index (χ3n) is 4.94. The van der Waals surface area contributed by atoms with E-state index in [1.165, 1.54) is 29.5 Å². The lowest BCUT2D eigenvalue weighted by atomic mass is 10.1. The van der Waals surface area contributed by atoms with Gasteiger partial charge in [0, 0.05) is 17.8 Å². The van der Waals surface area contributed by atoms with Gasteiger partial charge in [0.1, 0.15) is 22.2 Å². The number of nitrogens with zero attached hydrogens (tertiary/aromatic N) is 3. The molecule has 2 aromatic heterocycles. The molecule has 0 radical (unpaired) electrons. The van der Waals surface area contributed by atoms with Crippen LogP contribution in [0.3, 0.4) is 0 Å². The summed E-state index contributed by atoms with van der Waals surface area (Å²) in [6, 6.07) is 12.4. The van der Waals surface area contributed by atoms with Crippen LogP contribution in [-0.4, -0.2) is 22.4 Å². The van der Waals surface area contributed by atoms with Crippen molar-refractivity contribution < 1.29 is 13.6 Å². The van der Waals surface area contributed by atoms with Crippen LogP contribution in [-0.2, 0) is 6.42 Å². The second-order valence-corrected chi connectivity index (χ2v) is 9.57. The first-order chi connectivity index (χ1) is 16.4. The number of carbonyl (C=O) groups excluding carboxylic acids is 1. The molecule has 0 aliphatic heterocycles. The number of nitriles is 1. The Hall–Kier alpha value is -3.68. The van der Waals surface area contributed by atoms with Gasteiger partial charge >= 0.3 is 0 Å². The normalized spacial score (nSPS) is 10.7. The van der Waals surface area contributed by atoms with Crippen molar-refractivity contribution in [3.05, 3.63) is 80.8 Å². The number of rotatable bonds is 7. The van der Waals surface area contributed by atoms with E-state index in [-0.39, 0.29) is 24.4 Å². The zero-order valence-electron chi connectivity index (χ0n) is 18.3. The number of anilines is 2. The summed E-state index contributed by atoms with van der Waals surface area (Å²) < 4.78 is 27.8. The maximum absolute atomic E-state index is 13.9. The number of carbonyl (C=O) groups is 1. The van der Waals surface area contributed by atoms with Crippen molar-refractivity contribution in [1.82, 2.24) is 9.97 Å². The van der Waals surface area contributed by atoms with Gasteiger partial charge < -0.3 is 10.6 Å². The number of halogens is 2. The van der Waals surface area contributed by atoms with Gasteiger partial charge in [0.2, 0.25) is 0 Å². The van der Waals surface area contributed by atoms with Gasteiger partial charge in [0.15, 0.2) is 5.13 Å². The van der Waals surface area contributed by atoms with Crippen LogP contribution in [0.1, 0.15) is 31.5 Å². The van der Waals surface area contributed by atoms with E-state index in [4.69, 9.17) is 5.26 Å². The molecule has 2 aromatic carbocycles. The molecule has 1 amide bonds. The molecule has 0 bridgehead atoms. The van der Waals surface area contributed by atoms with Crippen molar-refractivity contribution >= 4 is 39.4 Å². The van der Waals surface area contributed by atoms with Crippen molar-refractivity contribution in [2.45, 2.75) is 20.3 Å². The van der Waals surface area contributed by atoms with Gasteiger partial charge in [-0.1, -0.05) is 17.4 Å². The number of hydrogen-bond acceptors (Lipinski definition) is 7. The van der Waals surface area contributed by atoms with Gasteiger partial charge in [-0.15, -0.1) is 11.3 Å². The monoisotopic (exact) mass is 495 g/mol. The van der Waals surface area contributed by atoms with Crippen molar-refractivity contribution in [3.63, 3.8) is 0 Å². The minimum absolute atomic E-state index is 0.000474. The van der Waals surface area contributed by atoms with Crippen LogP contribution in [0.4, 0.5) is 19.6 Å². The maximum atomic E-state index is 13.9. The minimum atomic E-state index is -0.597. The molecule has 4 aromatic rings. The van der Waals surface area contributed by atoms with E-state index in [1.54, 1.807) is 24.3 Å². The molecule has 0 aliphatic carbocycles. The predicted octanol–water partition coefficient (Wildman–Crippen LogP) is 5.94. The number of amides is 1. The number of aryl methyl sites for hydroxylation is 2. The first kappa shape index (κ1) is 23.5. The molecule has 0 saturated heterocycles. The average molecular weight is 496 g/mol.